The molecule has 1 aliphatic heterocycles. The number of amides is 1. The van der Waals surface area contributed by atoms with Gasteiger partial charge in [-0.2, -0.15) is 0 Å². The fraction of sp³-hybridized carbons (Fsp3) is 0.571. The van der Waals surface area contributed by atoms with Gasteiger partial charge in [-0.05, 0) is 38.1 Å². The molecule has 1 aliphatic rings. The van der Waals surface area contributed by atoms with Crippen LogP contribution in [-0.2, 0) is 11.3 Å². The lowest BCUT2D eigenvalue weighted by molar-refractivity contribution is -0.137. The summed E-state index contributed by atoms with van der Waals surface area (Å²) in [6.45, 7) is 4.63. The van der Waals surface area contributed by atoms with Crippen LogP contribution in [0.25, 0.3) is 0 Å². The van der Waals surface area contributed by atoms with E-state index in [9.17, 15) is 9.59 Å². The summed E-state index contributed by atoms with van der Waals surface area (Å²) in [7, 11) is 0. The van der Waals surface area contributed by atoms with Crippen molar-refractivity contribution in [2.75, 3.05) is 19.6 Å². The van der Waals surface area contributed by atoms with E-state index >= 15 is 0 Å². The number of aliphatic carboxylic acids is 1. The van der Waals surface area contributed by atoms with Crippen molar-refractivity contribution in [2.24, 2.45) is 0 Å². The zero-order chi connectivity index (χ0) is 14.5. The van der Waals surface area contributed by atoms with E-state index in [1.54, 1.807) is 18.3 Å². The first-order valence-corrected chi connectivity index (χ1v) is 7.01. The smallest absolute Gasteiger partial charge is 0.323 e. The maximum atomic E-state index is 12.1. The molecule has 1 saturated heterocycles. The molecule has 0 bridgehead atoms. The average molecular weight is 279 g/mol. The minimum absolute atomic E-state index is 0.194. The lowest BCUT2D eigenvalue weighted by Gasteiger charge is -2.22. The molecule has 0 aliphatic carbocycles. The molecular formula is C14H21N3O3. The van der Waals surface area contributed by atoms with Crippen molar-refractivity contribution >= 4 is 11.9 Å². The summed E-state index contributed by atoms with van der Waals surface area (Å²) in [6, 6.07) is 3.72. The van der Waals surface area contributed by atoms with Crippen molar-refractivity contribution in [3.8, 4) is 0 Å². The van der Waals surface area contributed by atoms with Gasteiger partial charge in [0, 0.05) is 18.8 Å². The Bertz CT molecular complexity index is 484. The fourth-order valence-electron chi connectivity index (χ4n) is 2.75. The molecule has 2 N–H and O–H groups in total. The van der Waals surface area contributed by atoms with E-state index in [1.807, 2.05) is 0 Å². The van der Waals surface area contributed by atoms with Crippen LogP contribution in [0.3, 0.4) is 0 Å². The zero-order valence-corrected chi connectivity index (χ0v) is 11.7. The van der Waals surface area contributed by atoms with Gasteiger partial charge in [-0.1, -0.05) is 6.92 Å². The molecule has 6 heteroatoms. The van der Waals surface area contributed by atoms with E-state index in [1.165, 1.54) is 11.0 Å². The van der Waals surface area contributed by atoms with Crippen molar-refractivity contribution in [3.63, 3.8) is 0 Å². The van der Waals surface area contributed by atoms with E-state index in [-0.39, 0.29) is 12.5 Å². The summed E-state index contributed by atoms with van der Waals surface area (Å²) < 4.78 is 1.45. The molecule has 0 radical (unpaired) electrons. The van der Waals surface area contributed by atoms with E-state index in [0.717, 1.165) is 19.5 Å². The molecule has 2 heterocycles. The summed E-state index contributed by atoms with van der Waals surface area (Å²) in [6.07, 6.45) is 3.88. The second-order valence-electron chi connectivity index (χ2n) is 5.05. The minimum atomic E-state index is -0.955. The van der Waals surface area contributed by atoms with E-state index in [0.29, 0.717) is 18.3 Å². The zero-order valence-electron chi connectivity index (χ0n) is 11.7. The van der Waals surface area contributed by atoms with E-state index < -0.39 is 5.97 Å². The summed E-state index contributed by atoms with van der Waals surface area (Å²) >= 11 is 0. The van der Waals surface area contributed by atoms with E-state index in [4.69, 9.17) is 5.11 Å². The van der Waals surface area contributed by atoms with Crippen LogP contribution in [0.4, 0.5) is 0 Å². The molecule has 1 amide bonds. The van der Waals surface area contributed by atoms with Gasteiger partial charge in [0.2, 0.25) is 0 Å². The predicted molar refractivity (Wildman–Crippen MR) is 74.7 cm³/mol. The van der Waals surface area contributed by atoms with Gasteiger partial charge in [0.1, 0.15) is 12.2 Å². The number of nitrogens with zero attached hydrogens (tertiary/aromatic N) is 2. The number of likely N-dealkylation sites (N-methyl/N-ethyl adjacent to an activating group) is 1. The van der Waals surface area contributed by atoms with Crippen molar-refractivity contribution in [1.29, 1.82) is 0 Å². The van der Waals surface area contributed by atoms with Crippen molar-refractivity contribution in [2.45, 2.75) is 32.4 Å². The van der Waals surface area contributed by atoms with Gasteiger partial charge in [0.15, 0.2) is 0 Å². The molecule has 0 spiro atoms. The van der Waals surface area contributed by atoms with Gasteiger partial charge in [0.25, 0.3) is 5.91 Å². The Kier molecular flexibility index (Phi) is 4.79. The molecule has 0 saturated carbocycles. The second kappa shape index (κ2) is 6.56. The van der Waals surface area contributed by atoms with Gasteiger partial charge in [-0.3, -0.25) is 14.5 Å². The first kappa shape index (κ1) is 14.6. The third kappa shape index (κ3) is 3.39. The van der Waals surface area contributed by atoms with Gasteiger partial charge in [-0.25, -0.2) is 0 Å². The molecule has 20 heavy (non-hydrogen) atoms. The van der Waals surface area contributed by atoms with Crippen molar-refractivity contribution < 1.29 is 14.7 Å². The Morgan fingerprint density at radius 2 is 2.30 bits per heavy atom. The minimum Gasteiger partial charge on any atom is -0.480 e. The van der Waals surface area contributed by atoms with Crippen LogP contribution in [-0.4, -0.2) is 52.1 Å². The summed E-state index contributed by atoms with van der Waals surface area (Å²) in [5, 5.41) is 11.7. The lowest BCUT2D eigenvalue weighted by atomic mass is 10.2. The number of carbonyl (C=O) groups is 2. The molecule has 1 atom stereocenters. The highest BCUT2D eigenvalue weighted by molar-refractivity contribution is 5.93. The number of carboxylic acids is 1. The predicted octanol–water partition coefficient (Wildman–Crippen LogP) is 0.787. The number of likely N-dealkylation sites (tertiary alicyclic amines) is 1. The molecule has 0 aromatic carbocycles. The number of nitrogens with one attached hydrogen (secondary N) is 1. The number of rotatable bonds is 6. The third-order valence-corrected chi connectivity index (χ3v) is 3.77. The number of hydrogen-bond acceptors (Lipinski definition) is 3. The molecular weight excluding hydrogens is 258 g/mol. The highest BCUT2D eigenvalue weighted by Gasteiger charge is 2.23. The highest BCUT2D eigenvalue weighted by atomic mass is 16.4. The molecule has 1 aromatic rings. The number of carbonyl (C=O) groups excluding carboxylic acids is 1. The van der Waals surface area contributed by atoms with Gasteiger partial charge < -0.3 is 15.0 Å². The summed E-state index contributed by atoms with van der Waals surface area (Å²) in [5.41, 5.74) is 0.397. The van der Waals surface area contributed by atoms with Crippen LogP contribution >= 0.6 is 0 Å². The monoisotopic (exact) mass is 279 g/mol. The second-order valence-corrected chi connectivity index (χ2v) is 5.05. The van der Waals surface area contributed by atoms with Crippen LogP contribution < -0.4 is 5.32 Å². The maximum absolute atomic E-state index is 12.1. The maximum Gasteiger partial charge on any atom is 0.323 e. The van der Waals surface area contributed by atoms with Crippen LogP contribution in [0.15, 0.2) is 18.3 Å². The summed E-state index contributed by atoms with van der Waals surface area (Å²) in [5.74, 6) is -1.16. The van der Waals surface area contributed by atoms with Crippen LogP contribution in [0.5, 0.6) is 0 Å². The Morgan fingerprint density at radius 3 is 3.00 bits per heavy atom. The molecule has 110 valence electrons. The molecule has 6 nitrogen and oxygen atoms in total. The standard InChI is InChI=1S/C14H21N3O3/c1-2-16-7-3-5-11(16)9-15-14(20)12-6-4-8-17(12)10-13(18)19/h4,6,8,11H,2-3,5,7,9-10H2,1H3,(H,15,20)(H,18,19). The van der Waals surface area contributed by atoms with Crippen LogP contribution in [0.1, 0.15) is 30.3 Å². The first-order valence-electron chi connectivity index (χ1n) is 7.01. The quantitative estimate of drug-likeness (QED) is 0.807. The normalized spacial score (nSPS) is 19.1. The molecule has 2 rings (SSSR count). The Labute approximate surface area is 118 Å². The molecule has 1 unspecified atom stereocenters. The Balaban J connectivity index is 1.92. The molecule has 1 aromatic heterocycles. The largest absolute Gasteiger partial charge is 0.480 e. The third-order valence-electron chi connectivity index (χ3n) is 3.77. The Morgan fingerprint density at radius 1 is 1.50 bits per heavy atom. The average Bonchev–Trinajstić information content (AvgIpc) is 3.03. The van der Waals surface area contributed by atoms with Crippen LogP contribution in [0.2, 0.25) is 0 Å². The number of carboxylic acid groups (broad SMARTS) is 1. The highest BCUT2D eigenvalue weighted by Crippen LogP contribution is 2.15. The summed E-state index contributed by atoms with van der Waals surface area (Å²) in [4.78, 5) is 25.2. The number of aromatic nitrogens is 1. The number of hydrogen-bond donors (Lipinski definition) is 2. The van der Waals surface area contributed by atoms with Crippen LogP contribution in [0, 0.1) is 0 Å². The fourth-order valence-corrected chi connectivity index (χ4v) is 2.75. The van der Waals surface area contributed by atoms with Gasteiger partial charge in [-0.15, -0.1) is 0 Å². The Hall–Kier alpha value is -1.82. The van der Waals surface area contributed by atoms with Gasteiger partial charge >= 0.3 is 5.97 Å². The van der Waals surface area contributed by atoms with Gasteiger partial charge in [0.05, 0.1) is 0 Å². The first-order chi connectivity index (χ1) is 9.61. The van der Waals surface area contributed by atoms with Crippen molar-refractivity contribution in [1.82, 2.24) is 14.8 Å². The SMILES string of the molecule is CCN1CCCC1CNC(=O)c1cccn1CC(=O)O. The molecule has 1 fully saturated rings. The van der Waals surface area contributed by atoms with Crippen molar-refractivity contribution in [3.05, 3.63) is 24.0 Å². The van der Waals surface area contributed by atoms with E-state index in [2.05, 4.69) is 17.1 Å². The topological polar surface area (TPSA) is 74.6 Å². The lowest BCUT2D eigenvalue weighted by Crippen LogP contribution is -2.40.